The summed E-state index contributed by atoms with van der Waals surface area (Å²) >= 11 is 5.75. The molecule has 2 aromatic rings. The number of hydrogen-bond donors (Lipinski definition) is 3. The van der Waals surface area contributed by atoms with E-state index in [0.717, 1.165) is 31.6 Å². The maximum absolute atomic E-state index is 13.3. The standard InChI is InChI=1S/C22H26ClFN4O2/c1-14(2)13-25-21(29)17-11-15(6-8-20(17)28-9-3-4-10-28)26-22(30)27-16-5-7-19(24)18(23)12-16/h5-8,11-12,14H,3-4,9-10,13H2,1-2H3,(H,25,29)(H2,26,27,30). The summed E-state index contributed by atoms with van der Waals surface area (Å²) in [4.78, 5) is 27.3. The van der Waals surface area contributed by atoms with E-state index in [-0.39, 0.29) is 10.9 Å². The molecule has 0 unspecified atom stereocenters. The van der Waals surface area contributed by atoms with Gasteiger partial charge < -0.3 is 20.9 Å². The normalized spacial score (nSPS) is 13.4. The van der Waals surface area contributed by atoms with Crippen molar-refractivity contribution in [2.24, 2.45) is 5.92 Å². The van der Waals surface area contributed by atoms with Crippen LogP contribution in [0.15, 0.2) is 36.4 Å². The van der Waals surface area contributed by atoms with Gasteiger partial charge in [-0.1, -0.05) is 25.4 Å². The summed E-state index contributed by atoms with van der Waals surface area (Å²) < 4.78 is 13.3. The van der Waals surface area contributed by atoms with Gasteiger partial charge in [-0.25, -0.2) is 9.18 Å². The van der Waals surface area contributed by atoms with Crippen molar-refractivity contribution < 1.29 is 14.0 Å². The lowest BCUT2D eigenvalue weighted by Crippen LogP contribution is -2.30. The summed E-state index contributed by atoms with van der Waals surface area (Å²) in [5.74, 6) is -0.393. The van der Waals surface area contributed by atoms with E-state index in [1.165, 1.54) is 18.2 Å². The molecule has 0 aliphatic carbocycles. The average Bonchev–Trinajstić information content (AvgIpc) is 3.23. The maximum Gasteiger partial charge on any atom is 0.323 e. The van der Waals surface area contributed by atoms with Crippen LogP contribution in [-0.4, -0.2) is 31.6 Å². The number of amides is 3. The molecule has 160 valence electrons. The van der Waals surface area contributed by atoms with Crippen LogP contribution in [0.25, 0.3) is 0 Å². The van der Waals surface area contributed by atoms with Crippen molar-refractivity contribution in [3.05, 3.63) is 52.8 Å². The van der Waals surface area contributed by atoms with Gasteiger partial charge in [-0.2, -0.15) is 0 Å². The van der Waals surface area contributed by atoms with Crippen molar-refractivity contribution in [3.63, 3.8) is 0 Å². The lowest BCUT2D eigenvalue weighted by molar-refractivity contribution is 0.0949. The average molecular weight is 433 g/mol. The van der Waals surface area contributed by atoms with Crippen molar-refractivity contribution in [1.29, 1.82) is 0 Å². The zero-order valence-electron chi connectivity index (χ0n) is 17.1. The first-order chi connectivity index (χ1) is 14.3. The minimum atomic E-state index is -0.558. The maximum atomic E-state index is 13.3. The number of nitrogens with zero attached hydrogens (tertiary/aromatic N) is 1. The SMILES string of the molecule is CC(C)CNC(=O)c1cc(NC(=O)Nc2ccc(F)c(Cl)c2)ccc1N1CCCC1. The molecule has 0 aromatic heterocycles. The third kappa shape index (κ3) is 5.63. The zero-order valence-corrected chi connectivity index (χ0v) is 17.9. The molecule has 3 rings (SSSR count). The number of rotatable bonds is 6. The van der Waals surface area contributed by atoms with Gasteiger partial charge in [-0.3, -0.25) is 4.79 Å². The molecule has 0 saturated carbocycles. The summed E-state index contributed by atoms with van der Waals surface area (Å²) in [7, 11) is 0. The van der Waals surface area contributed by atoms with Gasteiger partial charge in [0.25, 0.3) is 5.91 Å². The fraction of sp³-hybridized carbons (Fsp3) is 0.364. The monoisotopic (exact) mass is 432 g/mol. The number of urea groups is 1. The topological polar surface area (TPSA) is 73.5 Å². The van der Waals surface area contributed by atoms with E-state index in [4.69, 9.17) is 11.6 Å². The third-order valence-electron chi connectivity index (χ3n) is 4.79. The molecule has 8 heteroatoms. The molecule has 1 fully saturated rings. The highest BCUT2D eigenvalue weighted by atomic mass is 35.5. The molecule has 3 amide bonds. The van der Waals surface area contributed by atoms with Crippen LogP contribution < -0.4 is 20.9 Å². The van der Waals surface area contributed by atoms with E-state index in [1.807, 2.05) is 19.9 Å². The summed E-state index contributed by atoms with van der Waals surface area (Å²) in [5.41, 5.74) is 2.24. The molecule has 1 aliphatic heterocycles. The highest BCUT2D eigenvalue weighted by molar-refractivity contribution is 6.31. The Morgan fingerprint density at radius 1 is 1.07 bits per heavy atom. The van der Waals surface area contributed by atoms with Crippen LogP contribution >= 0.6 is 11.6 Å². The number of benzene rings is 2. The second-order valence-corrected chi connectivity index (χ2v) is 8.15. The molecule has 1 heterocycles. The first kappa shape index (κ1) is 21.9. The Morgan fingerprint density at radius 2 is 1.70 bits per heavy atom. The van der Waals surface area contributed by atoms with Crippen LogP contribution in [0.1, 0.15) is 37.0 Å². The lowest BCUT2D eigenvalue weighted by Gasteiger charge is -2.22. The summed E-state index contributed by atoms with van der Waals surface area (Å²) in [6.45, 7) is 6.45. The van der Waals surface area contributed by atoms with E-state index in [2.05, 4.69) is 20.9 Å². The number of nitrogens with one attached hydrogen (secondary N) is 3. The van der Waals surface area contributed by atoms with E-state index >= 15 is 0 Å². The minimum absolute atomic E-state index is 0.0770. The van der Waals surface area contributed by atoms with Crippen LogP contribution in [0.5, 0.6) is 0 Å². The first-order valence-corrected chi connectivity index (χ1v) is 10.4. The number of hydrogen-bond acceptors (Lipinski definition) is 3. The molecule has 2 aromatic carbocycles. The molecule has 0 radical (unpaired) electrons. The van der Waals surface area contributed by atoms with E-state index in [1.54, 1.807) is 12.1 Å². The second kappa shape index (κ2) is 9.80. The molecular formula is C22H26ClFN4O2. The first-order valence-electron chi connectivity index (χ1n) is 10.0. The summed E-state index contributed by atoms with van der Waals surface area (Å²) in [5, 5.41) is 8.19. The predicted molar refractivity (Wildman–Crippen MR) is 119 cm³/mol. The van der Waals surface area contributed by atoms with Crippen molar-refractivity contribution >= 4 is 40.6 Å². The Balaban J connectivity index is 1.76. The van der Waals surface area contributed by atoms with Gasteiger partial charge in [0, 0.05) is 36.7 Å². The predicted octanol–water partition coefficient (Wildman–Crippen LogP) is 5.11. The summed E-state index contributed by atoms with van der Waals surface area (Å²) in [6, 6.07) is 8.73. The molecule has 0 spiro atoms. The molecule has 0 atom stereocenters. The largest absolute Gasteiger partial charge is 0.371 e. The Bertz CT molecular complexity index is 929. The van der Waals surface area contributed by atoms with Gasteiger partial charge in [0.2, 0.25) is 0 Å². The van der Waals surface area contributed by atoms with Crippen LogP contribution in [0.4, 0.5) is 26.2 Å². The number of carbonyl (C=O) groups is 2. The number of halogens is 2. The number of anilines is 3. The molecular weight excluding hydrogens is 407 g/mol. The van der Waals surface area contributed by atoms with Crippen molar-refractivity contribution in [1.82, 2.24) is 5.32 Å². The fourth-order valence-electron chi connectivity index (χ4n) is 3.29. The van der Waals surface area contributed by atoms with Gasteiger partial charge in [0.05, 0.1) is 10.6 Å². The Labute approximate surface area is 180 Å². The molecule has 6 nitrogen and oxygen atoms in total. The molecule has 0 bridgehead atoms. The minimum Gasteiger partial charge on any atom is -0.371 e. The smallest absolute Gasteiger partial charge is 0.323 e. The Morgan fingerprint density at radius 3 is 2.33 bits per heavy atom. The highest BCUT2D eigenvalue weighted by Crippen LogP contribution is 2.28. The van der Waals surface area contributed by atoms with E-state index < -0.39 is 11.8 Å². The van der Waals surface area contributed by atoms with E-state index in [0.29, 0.717) is 29.4 Å². The zero-order chi connectivity index (χ0) is 21.7. The highest BCUT2D eigenvalue weighted by Gasteiger charge is 2.20. The van der Waals surface area contributed by atoms with Crippen LogP contribution in [0.2, 0.25) is 5.02 Å². The molecule has 1 aliphatic rings. The van der Waals surface area contributed by atoms with Crippen LogP contribution in [0.3, 0.4) is 0 Å². The molecule has 1 saturated heterocycles. The van der Waals surface area contributed by atoms with Gasteiger partial charge in [0.1, 0.15) is 5.82 Å². The van der Waals surface area contributed by atoms with Gasteiger partial charge >= 0.3 is 6.03 Å². The third-order valence-corrected chi connectivity index (χ3v) is 5.08. The van der Waals surface area contributed by atoms with Crippen molar-refractivity contribution in [3.8, 4) is 0 Å². The second-order valence-electron chi connectivity index (χ2n) is 7.74. The lowest BCUT2D eigenvalue weighted by atomic mass is 10.1. The number of carbonyl (C=O) groups excluding carboxylic acids is 2. The van der Waals surface area contributed by atoms with Crippen molar-refractivity contribution in [2.45, 2.75) is 26.7 Å². The van der Waals surface area contributed by atoms with Gasteiger partial charge in [-0.15, -0.1) is 0 Å². The molecule has 3 N–H and O–H groups in total. The Hall–Kier alpha value is -2.80. The Kier molecular flexibility index (Phi) is 7.15. The van der Waals surface area contributed by atoms with Crippen LogP contribution in [0, 0.1) is 11.7 Å². The molecule has 30 heavy (non-hydrogen) atoms. The van der Waals surface area contributed by atoms with Crippen molar-refractivity contribution in [2.75, 3.05) is 35.2 Å². The van der Waals surface area contributed by atoms with Gasteiger partial charge in [-0.05, 0) is 55.2 Å². The van der Waals surface area contributed by atoms with E-state index in [9.17, 15) is 14.0 Å². The quantitative estimate of drug-likeness (QED) is 0.593. The van der Waals surface area contributed by atoms with Crippen LogP contribution in [-0.2, 0) is 0 Å². The summed E-state index contributed by atoms with van der Waals surface area (Å²) in [6.07, 6.45) is 2.19. The fourth-order valence-corrected chi connectivity index (χ4v) is 3.47. The van der Waals surface area contributed by atoms with Gasteiger partial charge in [0.15, 0.2) is 0 Å².